The standard InChI is InChI=1S/C52H30O2/c1-2-13-32-26-35(25-24-31(32)12-1)51-41-21-7-5-19-39(41)50(40-20-6-8-22-42(40)51)34-15-11-14-33(27-34)43-29-49-52(38-18-4-3-16-36(38)43)45-28-44-37-17-9-10-23-46(37)53-47(44)30-48(45)54-49/h1-30H. The number of furan rings is 2. The fraction of sp³-hybridized carbons (Fsp3) is 0. The Hall–Kier alpha value is -7.16. The second-order valence-corrected chi connectivity index (χ2v) is 14.4. The van der Waals surface area contributed by atoms with Crippen molar-refractivity contribution in [3.8, 4) is 33.4 Å². The van der Waals surface area contributed by atoms with E-state index in [4.69, 9.17) is 8.83 Å². The van der Waals surface area contributed by atoms with Gasteiger partial charge >= 0.3 is 0 Å². The number of fused-ring (bicyclic) bond motifs is 11. The van der Waals surface area contributed by atoms with Crippen LogP contribution in [0, 0.1) is 0 Å². The lowest BCUT2D eigenvalue weighted by atomic mass is 9.85. The molecule has 12 rings (SSSR count). The fourth-order valence-corrected chi connectivity index (χ4v) is 9.04. The maximum absolute atomic E-state index is 6.68. The predicted molar refractivity (Wildman–Crippen MR) is 227 cm³/mol. The van der Waals surface area contributed by atoms with Gasteiger partial charge in [0.1, 0.15) is 22.3 Å². The molecule has 54 heavy (non-hydrogen) atoms. The Labute approximate surface area is 310 Å². The molecular weight excluding hydrogens is 657 g/mol. The van der Waals surface area contributed by atoms with Crippen LogP contribution >= 0.6 is 0 Å². The minimum absolute atomic E-state index is 0.831. The number of para-hydroxylation sites is 1. The molecule has 0 N–H and O–H groups in total. The van der Waals surface area contributed by atoms with Gasteiger partial charge in [-0.25, -0.2) is 0 Å². The van der Waals surface area contributed by atoms with Crippen molar-refractivity contribution in [1.29, 1.82) is 0 Å². The minimum Gasteiger partial charge on any atom is -0.456 e. The highest BCUT2D eigenvalue weighted by molar-refractivity contribution is 6.25. The van der Waals surface area contributed by atoms with Crippen molar-refractivity contribution in [2.45, 2.75) is 0 Å². The molecular formula is C52H30O2. The van der Waals surface area contributed by atoms with Crippen molar-refractivity contribution in [2.75, 3.05) is 0 Å². The zero-order valence-corrected chi connectivity index (χ0v) is 29.1. The van der Waals surface area contributed by atoms with Crippen LogP contribution in [0.25, 0.3) is 120 Å². The molecule has 250 valence electrons. The average molecular weight is 687 g/mol. The van der Waals surface area contributed by atoms with E-state index in [1.165, 1.54) is 65.3 Å². The van der Waals surface area contributed by atoms with Gasteiger partial charge in [-0.3, -0.25) is 0 Å². The molecule has 0 bridgehead atoms. The van der Waals surface area contributed by atoms with Crippen LogP contribution in [0.1, 0.15) is 0 Å². The summed E-state index contributed by atoms with van der Waals surface area (Å²) in [5.74, 6) is 0. The van der Waals surface area contributed by atoms with E-state index >= 15 is 0 Å². The summed E-state index contributed by atoms with van der Waals surface area (Å²) in [5.41, 5.74) is 10.7. The molecule has 10 aromatic carbocycles. The predicted octanol–water partition coefficient (Wildman–Crippen LogP) is 15.1. The number of hydrogen-bond acceptors (Lipinski definition) is 2. The molecule has 0 saturated carbocycles. The first-order chi connectivity index (χ1) is 26.8. The van der Waals surface area contributed by atoms with Gasteiger partial charge in [-0.2, -0.15) is 0 Å². The third kappa shape index (κ3) is 4.22. The van der Waals surface area contributed by atoms with Crippen LogP contribution in [0.4, 0.5) is 0 Å². The van der Waals surface area contributed by atoms with E-state index in [0.717, 1.165) is 55.0 Å². The summed E-state index contributed by atoms with van der Waals surface area (Å²) >= 11 is 0. The van der Waals surface area contributed by atoms with Crippen molar-refractivity contribution in [3.63, 3.8) is 0 Å². The Morgan fingerprint density at radius 1 is 0.259 bits per heavy atom. The molecule has 0 aliphatic carbocycles. The summed E-state index contributed by atoms with van der Waals surface area (Å²) in [6, 6.07) is 65.8. The zero-order valence-electron chi connectivity index (χ0n) is 29.1. The second-order valence-electron chi connectivity index (χ2n) is 14.4. The summed E-state index contributed by atoms with van der Waals surface area (Å²) < 4.78 is 12.9. The van der Waals surface area contributed by atoms with Crippen LogP contribution in [0.3, 0.4) is 0 Å². The van der Waals surface area contributed by atoms with Crippen LogP contribution in [-0.4, -0.2) is 0 Å². The fourth-order valence-electron chi connectivity index (χ4n) is 9.04. The molecule has 0 spiro atoms. The van der Waals surface area contributed by atoms with Crippen molar-refractivity contribution < 1.29 is 8.83 Å². The molecule has 0 aliphatic heterocycles. The number of benzene rings is 10. The summed E-state index contributed by atoms with van der Waals surface area (Å²) in [5, 5.41) is 14.3. The van der Waals surface area contributed by atoms with Gasteiger partial charge < -0.3 is 8.83 Å². The summed E-state index contributed by atoms with van der Waals surface area (Å²) in [7, 11) is 0. The maximum Gasteiger partial charge on any atom is 0.139 e. The van der Waals surface area contributed by atoms with Crippen LogP contribution in [-0.2, 0) is 0 Å². The van der Waals surface area contributed by atoms with Crippen LogP contribution in [0.15, 0.2) is 191 Å². The van der Waals surface area contributed by atoms with Crippen molar-refractivity contribution in [2.24, 2.45) is 0 Å². The first kappa shape index (κ1) is 29.4. The van der Waals surface area contributed by atoms with Gasteiger partial charge in [0, 0.05) is 27.6 Å². The maximum atomic E-state index is 6.68. The van der Waals surface area contributed by atoms with E-state index in [-0.39, 0.29) is 0 Å². The monoisotopic (exact) mass is 686 g/mol. The van der Waals surface area contributed by atoms with E-state index in [2.05, 4.69) is 170 Å². The Kier molecular flexibility index (Phi) is 6.09. The van der Waals surface area contributed by atoms with E-state index in [1.807, 2.05) is 12.1 Å². The normalized spacial score (nSPS) is 12.1. The Morgan fingerprint density at radius 2 is 0.815 bits per heavy atom. The molecule has 0 atom stereocenters. The van der Waals surface area contributed by atoms with Crippen LogP contribution < -0.4 is 0 Å². The molecule has 0 aliphatic rings. The van der Waals surface area contributed by atoms with Gasteiger partial charge in [-0.15, -0.1) is 0 Å². The van der Waals surface area contributed by atoms with Gasteiger partial charge in [-0.05, 0) is 107 Å². The third-order valence-electron chi connectivity index (χ3n) is 11.4. The highest BCUT2D eigenvalue weighted by Gasteiger charge is 2.20. The lowest BCUT2D eigenvalue weighted by molar-refractivity contribution is 0.656. The first-order valence-corrected chi connectivity index (χ1v) is 18.5. The lowest BCUT2D eigenvalue weighted by Crippen LogP contribution is -1.91. The van der Waals surface area contributed by atoms with Gasteiger partial charge in [0.2, 0.25) is 0 Å². The van der Waals surface area contributed by atoms with E-state index < -0.39 is 0 Å². The van der Waals surface area contributed by atoms with Crippen LogP contribution in [0.5, 0.6) is 0 Å². The van der Waals surface area contributed by atoms with E-state index in [9.17, 15) is 0 Å². The molecule has 0 unspecified atom stereocenters. The summed E-state index contributed by atoms with van der Waals surface area (Å²) in [4.78, 5) is 0. The van der Waals surface area contributed by atoms with Crippen LogP contribution in [0.2, 0.25) is 0 Å². The van der Waals surface area contributed by atoms with Gasteiger partial charge in [0.25, 0.3) is 0 Å². The average Bonchev–Trinajstić information content (AvgIpc) is 3.78. The third-order valence-corrected chi connectivity index (χ3v) is 11.4. The quantitative estimate of drug-likeness (QED) is 0.173. The minimum atomic E-state index is 0.831. The van der Waals surface area contributed by atoms with Gasteiger partial charge in [0.15, 0.2) is 0 Å². The smallest absolute Gasteiger partial charge is 0.139 e. The van der Waals surface area contributed by atoms with Gasteiger partial charge in [0.05, 0.1) is 0 Å². The second kappa shape index (κ2) is 11.2. The van der Waals surface area contributed by atoms with E-state index in [1.54, 1.807) is 0 Å². The summed E-state index contributed by atoms with van der Waals surface area (Å²) in [6.07, 6.45) is 0. The van der Waals surface area contributed by atoms with Crippen molar-refractivity contribution >= 4 is 87.0 Å². The SMILES string of the molecule is c1cc(-c2c3ccccc3c(-c3ccc4ccccc4c3)c3ccccc23)cc(-c2cc3oc4cc5oc6ccccc6c5cc4c3c3ccccc23)c1. The highest BCUT2D eigenvalue weighted by Crippen LogP contribution is 2.46. The zero-order chi connectivity index (χ0) is 35.3. The molecule has 2 aromatic heterocycles. The molecule has 2 nitrogen and oxygen atoms in total. The Morgan fingerprint density at radius 3 is 1.56 bits per heavy atom. The molecule has 12 aromatic rings. The van der Waals surface area contributed by atoms with Crippen molar-refractivity contribution in [1.82, 2.24) is 0 Å². The molecule has 2 heteroatoms. The number of hydrogen-bond donors (Lipinski definition) is 0. The largest absolute Gasteiger partial charge is 0.456 e. The Balaban J connectivity index is 1.09. The lowest BCUT2D eigenvalue weighted by Gasteiger charge is -2.18. The molecule has 2 heterocycles. The van der Waals surface area contributed by atoms with Crippen molar-refractivity contribution in [3.05, 3.63) is 182 Å². The van der Waals surface area contributed by atoms with Gasteiger partial charge in [-0.1, -0.05) is 146 Å². The first-order valence-electron chi connectivity index (χ1n) is 18.5. The Bertz CT molecular complexity index is 3450. The highest BCUT2D eigenvalue weighted by atomic mass is 16.3. The summed E-state index contributed by atoms with van der Waals surface area (Å²) in [6.45, 7) is 0. The molecule has 0 amide bonds. The molecule has 0 fully saturated rings. The van der Waals surface area contributed by atoms with E-state index in [0.29, 0.717) is 0 Å². The molecule has 0 saturated heterocycles. The molecule has 0 radical (unpaired) electrons. The topological polar surface area (TPSA) is 26.3 Å². The number of rotatable bonds is 3.